The molecule has 1 aromatic heterocycles. The first-order chi connectivity index (χ1) is 17.7. The number of H-pyrrole nitrogens is 1. The van der Waals surface area contributed by atoms with Crippen LogP contribution < -0.4 is 15.0 Å². The van der Waals surface area contributed by atoms with Crippen molar-refractivity contribution >= 4 is 23.0 Å². The Kier molecular flexibility index (Phi) is 5.91. The average Bonchev–Trinajstić information content (AvgIpc) is 3.41. The van der Waals surface area contributed by atoms with E-state index in [0.29, 0.717) is 6.04 Å². The van der Waals surface area contributed by atoms with Gasteiger partial charge in [-0.15, -0.1) is 0 Å². The van der Waals surface area contributed by atoms with Crippen LogP contribution in [-0.2, 0) is 11.3 Å². The number of piperidine rings is 1. The molecule has 6 rings (SSSR count). The monoisotopic (exact) mass is 479 g/mol. The van der Waals surface area contributed by atoms with E-state index < -0.39 is 0 Å². The zero-order chi connectivity index (χ0) is 24.5. The first-order valence-electron chi connectivity index (χ1n) is 12.4. The third-order valence-electron chi connectivity index (χ3n) is 6.96. The highest BCUT2D eigenvalue weighted by molar-refractivity contribution is 5.94. The van der Waals surface area contributed by atoms with Gasteiger partial charge in [-0.1, -0.05) is 36.4 Å². The van der Waals surface area contributed by atoms with E-state index in [0.717, 1.165) is 78.0 Å². The molecule has 7 nitrogen and oxygen atoms in total. The number of ether oxygens (including phenoxy) is 1. The van der Waals surface area contributed by atoms with Gasteiger partial charge in [0, 0.05) is 49.7 Å². The Bertz CT molecular complexity index is 1380. The van der Waals surface area contributed by atoms with E-state index in [4.69, 9.17) is 4.74 Å². The van der Waals surface area contributed by atoms with Crippen molar-refractivity contribution in [3.05, 3.63) is 84.9 Å². The molecule has 182 valence electrons. The lowest BCUT2D eigenvalue weighted by Gasteiger charge is -2.42. The van der Waals surface area contributed by atoms with Crippen molar-refractivity contribution in [3.63, 3.8) is 0 Å². The first kappa shape index (κ1) is 22.4. The molecule has 2 aliphatic rings. The van der Waals surface area contributed by atoms with Gasteiger partial charge in [-0.05, 0) is 48.7 Å². The summed E-state index contributed by atoms with van der Waals surface area (Å²) in [5, 5.41) is 2.95. The van der Waals surface area contributed by atoms with Gasteiger partial charge < -0.3 is 19.9 Å². The summed E-state index contributed by atoms with van der Waals surface area (Å²) in [5.74, 6) is 2.63. The Morgan fingerprint density at radius 1 is 1.03 bits per heavy atom. The van der Waals surface area contributed by atoms with Gasteiger partial charge in [0.25, 0.3) is 0 Å². The van der Waals surface area contributed by atoms with Crippen molar-refractivity contribution in [2.45, 2.75) is 32.4 Å². The van der Waals surface area contributed by atoms with Gasteiger partial charge in [-0.2, -0.15) is 0 Å². The second-order valence-electron chi connectivity index (χ2n) is 9.39. The molecule has 0 atom stereocenters. The van der Waals surface area contributed by atoms with Crippen LogP contribution in [0, 0.1) is 0 Å². The molecule has 1 saturated heterocycles. The number of para-hydroxylation sites is 3. The number of carbonyl (C=O) groups is 1. The fraction of sp³-hybridized carbons (Fsp3) is 0.241. The maximum Gasteiger partial charge on any atom is 0.221 e. The Labute approximate surface area is 210 Å². The predicted octanol–water partition coefficient (Wildman–Crippen LogP) is 5.94. The standard InChI is InChI=1S/C29H29N5O2/c1-20(35)32-24-7-3-2-6-23(24)21-10-11-26-28(18-21)36-27-9-5-4-8-25(27)34(26)22-12-16-33(17-13-22)19-29-30-14-15-31-29/h2-11,14-15,18,22H,12-13,16-17,19H2,1H3,(H,30,31)(H,32,35). The quantitative estimate of drug-likeness (QED) is 0.370. The number of benzene rings is 3. The van der Waals surface area contributed by atoms with Gasteiger partial charge in [0.05, 0.1) is 17.9 Å². The van der Waals surface area contributed by atoms with Crippen LogP contribution in [0.3, 0.4) is 0 Å². The van der Waals surface area contributed by atoms with Gasteiger partial charge in [-0.3, -0.25) is 9.69 Å². The minimum Gasteiger partial charge on any atom is -0.453 e. The summed E-state index contributed by atoms with van der Waals surface area (Å²) in [4.78, 5) is 24.3. The van der Waals surface area contributed by atoms with Gasteiger partial charge in [0.15, 0.2) is 11.5 Å². The number of rotatable bonds is 5. The van der Waals surface area contributed by atoms with E-state index in [1.807, 2.05) is 48.8 Å². The zero-order valence-corrected chi connectivity index (χ0v) is 20.3. The smallest absolute Gasteiger partial charge is 0.221 e. The maximum atomic E-state index is 11.7. The molecule has 3 heterocycles. The summed E-state index contributed by atoms with van der Waals surface area (Å²) in [7, 11) is 0. The summed E-state index contributed by atoms with van der Waals surface area (Å²) in [5.41, 5.74) is 4.96. The molecule has 0 radical (unpaired) electrons. The number of likely N-dealkylation sites (tertiary alicyclic amines) is 1. The highest BCUT2D eigenvalue weighted by atomic mass is 16.5. The number of carbonyl (C=O) groups excluding carboxylic acids is 1. The third-order valence-corrected chi connectivity index (χ3v) is 6.96. The molecule has 0 bridgehead atoms. The molecule has 1 fully saturated rings. The second-order valence-corrected chi connectivity index (χ2v) is 9.39. The van der Waals surface area contributed by atoms with E-state index in [1.54, 1.807) is 0 Å². The number of aromatic amines is 1. The topological polar surface area (TPSA) is 73.5 Å². The van der Waals surface area contributed by atoms with Crippen LogP contribution in [-0.4, -0.2) is 39.9 Å². The van der Waals surface area contributed by atoms with Gasteiger partial charge in [-0.25, -0.2) is 4.98 Å². The predicted molar refractivity (Wildman–Crippen MR) is 142 cm³/mol. The average molecular weight is 480 g/mol. The zero-order valence-electron chi connectivity index (χ0n) is 20.3. The molecule has 0 unspecified atom stereocenters. The summed E-state index contributed by atoms with van der Waals surface area (Å²) >= 11 is 0. The maximum absolute atomic E-state index is 11.7. The normalized spacial score (nSPS) is 15.6. The molecule has 0 saturated carbocycles. The molecule has 36 heavy (non-hydrogen) atoms. The molecule has 0 aliphatic carbocycles. The van der Waals surface area contributed by atoms with Crippen LogP contribution in [0.15, 0.2) is 79.1 Å². The number of hydrogen-bond acceptors (Lipinski definition) is 5. The van der Waals surface area contributed by atoms with Crippen molar-refractivity contribution in [2.75, 3.05) is 23.3 Å². The Balaban J connectivity index is 1.31. The number of nitrogens with one attached hydrogen (secondary N) is 2. The van der Waals surface area contributed by atoms with Crippen molar-refractivity contribution in [1.29, 1.82) is 0 Å². The SMILES string of the molecule is CC(=O)Nc1ccccc1-c1ccc2c(c1)Oc1ccccc1N2C1CCN(Cc2ncc[nH]2)CC1. The summed E-state index contributed by atoms with van der Waals surface area (Å²) < 4.78 is 6.42. The highest BCUT2D eigenvalue weighted by Crippen LogP contribution is 2.50. The highest BCUT2D eigenvalue weighted by Gasteiger charge is 2.32. The Morgan fingerprint density at radius 3 is 2.61 bits per heavy atom. The second kappa shape index (κ2) is 9.51. The fourth-order valence-electron chi connectivity index (χ4n) is 5.31. The number of aromatic nitrogens is 2. The van der Waals surface area contributed by atoms with Gasteiger partial charge in [0.1, 0.15) is 5.82 Å². The van der Waals surface area contributed by atoms with Crippen molar-refractivity contribution < 1.29 is 9.53 Å². The minimum atomic E-state index is -0.0878. The number of hydrogen-bond donors (Lipinski definition) is 2. The summed E-state index contributed by atoms with van der Waals surface area (Å²) in [6.07, 6.45) is 5.81. The molecule has 3 aromatic carbocycles. The molecule has 4 aromatic rings. The Morgan fingerprint density at radius 2 is 1.81 bits per heavy atom. The fourth-order valence-corrected chi connectivity index (χ4v) is 5.31. The van der Waals surface area contributed by atoms with Crippen LogP contribution in [0.1, 0.15) is 25.6 Å². The number of amides is 1. The number of anilines is 3. The van der Waals surface area contributed by atoms with Gasteiger partial charge >= 0.3 is 0 Å². The molecule has 7 heteroatoms. The van der Waals surface area contributed by atoms with Crippen LogP contribution >= 0.6 is 0 Å². The number of fused-ring (bicyclic) bond motifs is 2. The van der Waals surface area contributed by atoms with Crippen molar-refractivity contribution in [1.82, 2.24) is 14.9 Å². The largest absolute Gasteiger partial charge is 0.453 e. The van der Waals surface area contributed by atoms with E-state index in [-0.39, 0.29) is 5.91 Å². The third kappa shape index (κ3) is 4.33. The van der Waals surface area contributed by atoms with E-state index >= 15 is 0 Å². The van der Waals surface area contributed by atoms with Crippen molar-refractivity contribution in [3.8, 4) is 22.6 Å². The van der Waals surface area contributed by atoms with E-state index in [9.17, 15) is 4.79 Å². The van der Waals surface area contributed by atoms with Crippen molar-refractivity contribution in [2.24, 2.45) is 0 Å². The Hall–Kier alpha value is -4.10. The van der Waals surface area contributed by atoms with Crippen LogP contribution in [0.2, 0.25) is 0 Å². The molecule has 1 amide bonds. The van der Waals surface area contributed by atoms with Gasteiger partial charge in [0.2, 0.25) is 5.91 Å². The van der Waals surface area contributed by atoms with Crippen LogP contribution in [0.5, 0.6) is 11.5 Å². The minimum absolute atomic E-state index is 0.0878. The summed E-state index contributed by atoms with van der Waals surface area (Å²) in [6, 6.07) is 22.9. The molecular formula is C29H29N5O2. The lowest BCUT2D eigenvalue weighted by molar-refractivity contribution is -0.114. The van der Waals surface area contributed by atoms with Crippen LogP contribution in [0.25, 0.3) is 11.1 Å². The first-order valence-corrected chi connectivity index (χ1v) is 12.4. The lowest BCUT2D eigenvalue weighted by atomic mass is 9.98. The number of nitrogens with zero attached hydrogens (tertiary/aromatic N) is 3. The molecule has 2 aliphatic heterocycles. The molecular weight excluding hydrogens is 450 g/mol. The molecule has 2 N–H and O–H groups in total. The van der Waals surface area contributed by atoms with Crippen LogP contribution in [0.4, 0.5) is 17.1 Å². The molecule has 0 spiro atoms. The lowest BCUT2D eigenvalue weighted by Crippen LogP contribution is -2.43. The number of imidazole rings is 1. The summed E-state index contributed by atoms with van der Waals surface area (Å²) in [6.45, 7) is 4.42. The van der Waals surface area contributed by atoms with E-state index in [2.05, 4.69) is 55.4 Å². The van der Waals surface area contributed by atoms with E-state index in [1.165, 1.54) is 6.92 Å².